The molecule has 20 heavy (non-hydrogen) atoms. The molecule has 0 radical (unpaired) electrons. The number of halogens is 1. The molecule has 0 saturated carbocycles. The van der Waals surface area contributed by atoms with E-state index in [4.69, 9.17) is 9.68 Å². The van der Waals surface area contributed by atoms with Crippen LogP contribution in [0.5, 0.6) is 0 Å². The lowest BCUT2D eigenvalue weighted by atomic mass is 10.1. The van der Waals surface area contributed by atoms with Crippen LogP contribution < -0.4 is 5.63 Å². The normalized spacial score (nSPS) is 10.6. The predicted molar refractivity (Wildman–Crippen MR) is 74.0 cm³/mol. The molecule has 0 atom stereocenters. The third-order valence-electron chi connectivity index (χ3n) is 2.85. The van der Waals surface area contributed by atoms with Crippen molar-refractivity contribution >= 4 is 26.9 Å². The Kier molecular flexibility index (Phi) is 3.08. The summed E-state index contributed by atoms with van der Waals surface area (Å²) in [6.07, 6.45) is 1.46. The molecule has 0 bridgehead atoms. The molecular formula is C13H7BrN4O2. The number of aromatic nitrogens is 3. The summed E-state index contributed by atoms with van der Waals surface area (Å²) < 4.78 is 7.57. The molecule has 7 heteroatoms. The molecule has 2 aromatic heterocycles. The van der Waals surface area contributed by atoms with Gasteiger partial charge in [0.2, 0.25) is 5.82 Å². The zero-order chi connectivity index (χ0) is 14.1. The number of nitrogens with zero attached hydrogens (tertiary/aromatic N) is 4. The maximum atomic E-state index is 11.6. The fourth-order valence-electron chi connectivity index (χ4n) is 1.98. The van der Waals surface area contributed by atoms with E-state index in [1.165, 1.54) is 12.4 Å². The second-order valence-corrected chi connectivity index (χ2v) is 5.04. The second kappa shape index (κ2) is 4.90. The number of hydrogen-bond donors (Lipinski definition) is 0. The SMILES string of the molecule is N#Cc1nncn1Cc1cc(=O)oc2cc(Br)ccc12. The Bertz CT molecular complexity index is 891. The zero-order valence-electron chi connectivity index (χ0n) is 10.1. The van der Waals surface area contributed by atoms with Gasteiger partial charge in [-0.25, -0.2) is 4.79 Å². The number of hydrogen-bond acceptors (Lipinski definition) is 5. The van der Waals surface area contributed by atoms with Crippen LogP contribution in [0.1, 0.15) is 11.4 Å². The lowest BCUT2D eigenvalue weighted by Gasteiger charge is -2.06. The molecule has 98 valence electrons. The van der Waals surface area contributed by atoms with Crippen molar-refractivity contribution in [2.45, 2.75) is 6.54 Å². The fraction of sp³-hybridized carbons (Fsp3) is 0.0769. The summed E-state index contributed by atoms with van der Waals surface area (Å²) in [5, 5.41) is 17.1. The van der Waals surface area contributed by atoms with Crippen molar-refractivity contribution in [2.75, 3.05) is 0 Å². The summed E-state index contributed by atoms with van der Waals surface area (Å²) in [4.78, 5) is 11.6. The van der Waals surface area contributed by atoms with Crippen LogP contribution in [0.3, 0.4) is 0 Å². The largest absolute Gasteiger partial charge is 0.423 e. The highest BCUT2D eigenvalue weighted by molar-refractivity contribution is 9.10. The van der Waals surface area contributed by atoms with Gasteiger partial charge in [-0.3, -0.25) is 0 Å². The molecular weight excluding hydrogens is 324 g/mol. The molecule has 0 unspecified atom stereocenters. The van der Waals surface area contributed by atoms with Crippen molar-refractivity contribution in [3.05, 3.63) is 56.9 Å². The van der Waals surface area contributed by atoms with Crippen LogP contribution in [-0.2, 0) is 6.54 Å². The van der Waals surface area contributed by atoms with Crippen molar-refractivity contribution in [1.29, 1.82) is 5.26 Å². The molecule has 3 rings (SSSR count). The highest BCUT2D eigenvalue weighted by atomic mass is 79.9. The summed E-state index contributed by atoms with van der Waals surface area (Å²) in [6, 6.07) is 8.82. The van der Waals surface area contributed by atoms with Crippen molar-refractivity contribution in [3.8, 4) is 6.07 Å². The monoisotopic (exact) mass is 330 g/mol. The quantitative estimate of drug-likeness (QED) is 0.671. The van der Waals surface area contributed by atoms with E-state index < -0.39 is 5.63 Å². The molecule has 0 saturated heterocycles. The Morgan fingerprint density at radius 3 is 3.05 bits per heavy atom. The van der Waals surface area contributed by atoms with Crippen molar-refractivity contribution in [2.24, 2.45) is 0 Å². The van der Waals surface area contributed by atoms with E-state index in [2.05, 4.69) is 26.1 Å². The van der Waals surface area contributed by atoms with Crippen LogP contribution in [0.2, 0.25) is 0 Å². The van der Waals surface area contributed by atoms with Gasteiger partial charge in [-0.05, 0) is 23.8 Å². The molecule has 0 amide bonds. The first-order valence-corrected chi connectivity index (χ1v) is 6.47. The van der Waals surface area contributed by atoms with E-state index in [1.54, 1.807) is 10.6 Å². The van der Waals surface area contributed by atoms with Gasteiger partial charge in [0.05, 0.1) is 6.54 Å². The molecule has 0 aliphatic carbocycles. The predicted octanol–water partition coefficient (Wildman–Crippen LogP) is 2.07. The summed E-state index contributed by atoms with van der Waals surface area (Å²) >= 11 is 3.33. The van der Waals surface area contributed by atoms with Gasteiger partial charge in [0.1, 0.15) is 18.0 Å². The molecule has 6 nitrogen and oxygen atoms in total. The Morgan fingerprint density at radius 2 is 2.25 bits per heavy atom. The molecule has 3 aromatic rings. The highest BCUT2D eigenvalue weighted by Crippen LogP contribution is 2.22. The maximum Gasteiger partial charge on any atom is 0.336 e. The lowest BCUT2D eigenvalue weighted by molar-refractivity contribution is 0.557. The number of benzene rings is 1. The minimum atomic E-state index is -0.433. The van der Waals surface area contributed by atoms with E-state index in [-0.39, 0.29) is 5.82 Å². The number of nitriles is 1. The van der Waals surface area contributed by atoms with E-state index >= 15 is 0 Å². The van der Waals surface area contributed by atoms with Crippen LogP contribution in [0, 0.1) is 11.3 Å². The van der Waals surface area contributed by atoms with Crippen LogP contribution in [0.4, 0.5) is 0 Å². The smallest absolute Gasteiger partial charge is 0.336 e. The number of fused-ring (bicyclic) bond motifs is 1. The van der Waals surface area contributed by atoms with E-state index in [9.17, 15) is 4.79 Å². The van der Waals surface area contributed by atoms with Gasteiger partial charge in [-0.1, -0.05) is 15.9 Å². The Hall–Kier alpha value is -2.46. The van der Waals surface area contributed by atoms with E-state index in [0.717, 1.165) is 15.4 Å². The topological polar surface area (TPSA) is 84.7 Å². The van der Waals surface area contributed by atoms with Gasteiger partial charge >= 0.3 is 5.63 Å². The van der Waals surface area contributed by atoms with Gasteiger partial charge in [0, 0.05) is 15.9 Å². The minimum absolute atomic E-state index is 0.198. The molecule has 0 N–H and O–H groups in total. The van der Waals surface area contributed by atoms with Gasteiger partial charge in [-0.15, -0.1) is 10.2 Å². The third kappa shape index (κ3) is 2.21. The highest BCUT2D eigenvalue weighted by Gasteiger charge is 2.09. The van der Waals surface area contributed by atoms with Crippen molar-refractivity contribution in [3.63, 3.8) is 0 Å². The van der Waals surface area contributed by atoms with E-state index in [0.29, 0.717) is 12.1 Å². The van der Waals surface area contributed by atoms with Gasteiger partial charge in [-0.2, -0.15) is 5.26 Å². The molecule has 0 aliphatic heterocycles. The summed E-state index contributed by atoms with van der Waals surface area (Å²) in [5.74, 6) is 0.198. The van der Waals surface area contributed by atoms with Crippen molar-refractivity contribution < 1.29 is 4.42 Å². The standard InChI is InChI=1S/C13H7BrN4O2/c14-9-1-2-10-8(3-13(19)20-11(10)4-9)6-18-7-16-17-12(18)5-15/h1-4,7H,6H2. The van der Waals surface area contributed by atoms with Gasteiger partial charge in [0.15, 0.2) is 0 Å². The average molecular weight is 331 g/mol. The first-order chi connectivity index (χ1) is 9.67. The van der Waals surface area contributed by atoms with Crippen LogP contribution in [0.15, 0.2) is 44.3 Å². The molecule has 0 fully saturated rings. The Labute approximate surface area is 121 Å². The van der Waals surface area contributed by atoms with E-state index in [1.807, 2.05) is 18.2 Å². The number of rotatable bonds is 2. The summed E-state index contributed by atoms with van der Waals surface area (Å²) in [7, 11) is 0. The van der Waals surface area contributed by atoms with Crippen LogP contribution >= 0.6 is 15.9 Å². The lowest BCUT2D eigenvalue weighted by Crippen LogP contribution is -2.06. The average Bonchev–Trinajstić information content (AvgIpc) is 2.85. The van der Waals surface area contributed by atoms with Gasteiger partial charge < -0.3 is 8.98 Å². The Morgan fingerprint density at radius 1 is 1.40 bits per heavy atom. The first-order valence-electron chi connectivity index (χ1n) is 5.67. The fourth-order valence-corrected chi connectivity index (χ4v) is 2.32. The second-order valence-electron chi connectivity index (χ2n) is 4.13. The van der Waals surface area contributed by atoms with Crippen molar-refractivity contribution in [1.82, 2.24) is 14.8 Å². The molecule has 1 aromatic carbocycles. The maximum absolute atomic E-state index is 11.6. The molecule has 0 spiro atoms. The summed E-state index contributed by atoms with van der Waals surface area (Å²) in [6.45, 7) is 0.333. The first kappa shape index (κ1) is 12.6. The minimum Gasteiger partial charge on any atom is -0.423 e. The van der Waals surface area contributed by atoms with Crippen LogP contribution in [-0.4, -0.2) is 14.8 Å². The molecule has 2 heterocycles. The zero-order valence-corrected chi connectivity index (χ0v) is 11.7. The summed E-state index contributed by atoms with van der Waals surface area (Å²) in [5.41, 5.74) is 0.811. The Balaban J connectivity index is 2.17. The third-order valence-corrected chi connectivity index (χ3v) is 3.34. The van der Waals surface area contributed by atoms with Crippen LogP contribution in [0.25, 0.3) is 11.0 Å². The molecule has 0 aliphatic rings. The van der Waals surface area contributed by atoms with Gasteiger partial charge in [0.25, 0.3) is 0 Å².